The van der Waals surface area contributed by atoms with E-state index in [-0.39, 0.29) is 43.4 Å². The van der Waals surface area contributed by atoms with E-state index in [0.29, 0.717) is 6.42 Å². The molecule has 0 spiro atoms. The first-order valence-corrected chi connectivity index (χ1v) is 7.61. The number of rotatable bonds is 10. The molecule has 0 aliphatic heterocycles. The first kappa shape index (κ1) is 18.7. The van der Waals surface area contributed by atoms with E-state index >= 15 is 0 Å². The van der Waals surface area contributed by atoms with Gasteiger partial charge in [-0.2, -0.15) is 0 Å². The highest BCUT2D eigenvalue weighted by molar-refractivity contribution is 8.13. The van der Waals surface area contributed by atoms with Gasteiger partial charge in [0.15, 0.2) is 5.12 Å². The Morgan fingerprint density at radius 2 is 2.10 bits per heavy atom. The lowest BCUT2D eigenvalue weighted by molar-refractivity contribution is -0.147. The lowest BCUT2D eigenvalue weighted by Gasteiger charge is -2.17. The van der Waals surface area contributed by atoms with Gasteiger partial charge >= 0.3 is 5.97 Å². The molecule has 7 heteroatoms. The molecule has 0 saturated carbocycles. The van der Waals surface area contributed by atoms with Gasteiger partial charge in [-0.1, -0.05) is 17.8 Å². The summed E-state index contributed by atoms with van der Waals surface area (Å²) in [5.74, 6) is -0.826. The summed E-state index contributed by atoms with van der Waals surface area (Å²) in [7, 11) is 0. The fraction of sp³-hybridized carbons (Fsp3) is 0.615. The fourth-order valence-electron chi connectivity index (χ4n) is 1.37. The highest BCUT2D eigenvalue weighted by Crippen LogP contribution is 2.07. The Morgan fingerprint density at radius 1 is 1.40 bits per heavy atom. The summed E-state index contributed by atoms with van der Waals surface area (Å²) in [6, 6.07) is -0.810. The minimum atomic E-state index is -0.810. The van der Waals surface area contributed by atoms with Crippen molar-refractivity contribution in [1.82, 2.24) is 5.32 Å². The molecule has 0 saturated heterocycles. The molecule has 114 valence electrons. The summed E-state index contributed by atoms with van der Waals surface area (Å²) in [6.07, 6.45) is 4.50. The molecule has 0 rings (SSSR count). The Kier molecular flexibility index (Phi) is 10.7. The molecule has 0 heterocycles. The highest BCUT2D eigenvalue weighted by atomic mass is 32.2. The van der Waals surface area contributed by atoms with E-state index in [1.54, 1.807) is 12.3 Å². The van der Waals surface area contributed by atoms with Crippen molar-refractivity contribution in [2.75, 3.05) is 19.4 Å². The standard InChI is InChI=1S/C13H22N2O4S/c1-3-4-5-11(16)15-10(6-7-12(17)20-2)13(18)19-9-8-14/h3,10H,1,4-9,14H2,2H3,(H,15,16)/t10-/m0/s1. The summed E-state index contributed by atoms with van der Waals surface area (Å²) in [5.41, 5.74) is 5.25. The third kappa shape index (κ3) is 8.71. The van der Waals surface area contributed by atoms with Gasteiger partial charge in [0, 0.05) is 19.4 Å². The van der Waals surface area contributed by atoms with E-state index in [9.17, 15) is 14.4 Å². The van der Waals surface area contributed by atoms with Crippen LogP contribution in [-0.4, -0.2) is 42.4 Å². The fourth-order valence-corrected chi connectivity index (χ4v) is 1.69. The SMILES string of the molecule is C=CCCC(=O)N[C@@H](CCC(=O)SC)C(=O)OCCN. The van der Waals surface area contributed by atoms with Gasteiger partial charge in [-0.3, -0.25) is 9.59 Å². The second-order valence-corrected chi connectivity index (χ2v) is 4.88. The zero-order valence-corrected chi connectivity index (χ0v) is 12.5. The van der Waals surface area contributed by atoms with Gasteiger partial charge in [-0.15, -0.1) is 6.58 Å². The zero-order valence-electron chi connectivity index (χ0n) is 11.7. The Labute approximate surface area is 123 Å². The summed E-state index contributed by atoms with van der Waals surface area (Å²) in [6.45, 7) is 3.83. The first-order valence-electron chi connectivity index (χ1n) is 6.38. The minimum Gasteiger partial charge on any atom is -0.463 e. The molecule has 0 aromatic carbocycles. The van der Waals surface area contributed by atoms with Crippen LogP contribution in [0.3, 0.4) is 0 Å². The van der Waals surface area contributed by atoms with Crippen LogP contribution < -0.4 is 11.1 Å². The molecule has 6 nitrogen and oxygen atoms in total. The number of esters is 1. The molecular weight excluding hydrogens is 280 g/mol. The van der Waals surface area contributed by atoms with E-state index in [4.69, 9.17) is 10.5 Å². The van der Waals surface area contributed by atoms with E-state index in [2.05, 4.69) is 11.9 Å². The molecule has 0 aliphatic rings. The maximum atomic E-state index is 11.8. The molecule has 1 atom stereocenters. The zero-order chi connectivity index (χ0) is 15.4. The van der Waals surface area contributed by atoms with E-state index in [1.165, 1.54) is 0 Å². The molecule has 0 fully saturated rings. The third-order valence-electron chi connectivity index (χ3n) is 2.42. The van der Waals surface area contributed by atoms with Crippen molar-refractivity contribution in [3.8, 4) is 0 Å². The number of hydrogen-bond acceptors (Lipinski definition) is 6. The molecule has 3 N–H and O–H groups in total. The number of thioether (sulfide) groups is 1. The molecular formula is C13H22N2O4S. The Morgan fingerprint density at radius 3 is 2.65 bits per heavy atom. The van der Waals surface area contributed by atoms with Crippen molar-refractivity contribution in [2.45, 2.75) is 31.7 Å². The summed E-state index contributed by atoms with van der Waals surface area (Å²) < 4.78 is 4.91. The quantitative estimate of drug-likeness (QED) is 0.453. The van der Waals surface area contributed by atoms with Crippen LogP contribution in [0.5, 0.6) is 0 Å². The summed E-state index contributed by atoms with van der Waals surface area (Å²) >= 11 is 1.09. The van der Waals surface area contributed by atoms with Crippen molar-refractivity contribution < 1.29 is 19.1 Å². The normalized spacial score (nSPS) is 11.5. The summed E-state index contributed by atoms with van der Waals surface area (Å²) in [5, 5.41) is 2.54. The maximum Gasteiger partial charge on any atom is 0.328 e. The van der Waals surface area contributed by atoms with Crippen molar-refractivity contribution in [2.24, 2.45) is 5.73 Å². The molecule has 0 aromatic heterocycles. The number of allylic oxidation sites excluding steroid dienone is 1. The van der Waals surface area contributed by atoms with Crippen molar-refractivity contribution in [3.05, 3.63) is 12.7 Å². The van der Waals surface area contributed by atoms with E-state index < -0.39 is 12.0 Å². The largest absolute Gasteiger partial charge is 0.463 e. The van der Waals surface area contributed by atoms with E-state index in [1.807, 2.05) is 0 Å². The van der Waals surface area contributed by atoms with Crippen LogP contribution >= 0.6 is 11.8 Å². The second kappa shape index (κ2) is 11.5. The topological polar surface area (TPSA) is 98.5 Å². The highest BCUT2D eigenvalue weighted by Gasteiger charge is 2.22. The van der Waals surface area contributed by atoms with Gasteiger partial charge in [-0.25, -0.2) is 4.79 Å². The molecule has 0 bridgehead atoms. The number of hydrogen-bond donors (Lipinski definition) is 2. The van der Waals surface area contributed by atoms with Crippen LogP contribution in [-0.2, 0) is 19.1 Å². The van der Waals surface area contributed by atoms with Crippen LogP contribution in [0.2, 0.25) is 0 Å². The first-order chi connectivity index (χ1) is 9.54. The Balaban J connectivity index is 4.43. The number of carbonyl (C=O) groups is 3. The maximum absolute atomic E-state index is 11.8. The summed E-state index contributed by atoms with van der Waals surface area (Å²) in [4.78, 5) is 34.7. The third-order valence-corrected chi connectivity index (χ3v) is 3.08. The van der Waals surface area contributed by atoms with Crippen LogP contribution in [0.1, 0.15) is 25.7 Å². The van der Waals surface area contributed by atoms with Crippen molar-refractivity contribution in [3.63, 3.8) is 0 Å². The number of ether oxygens (including phenoxy) is 1. The predicted octanol–water partition coefficient (Wildman–Crippen LogP) is 0.609. The van der Waals surface area contributed by atoms with Crippen LogP contribution in [0.15, 0.2) is 12.7 Å². The number of nitrogens with two attached hydrogens (primary N) is 1. The minimum absolute atomic E-state index is 0.0398. The smallest absolute Gasteiger partial charge is 0.328 e. The number of amides is 1. The van der Waals surface area contributed by atoms with Crippen LogP contribution in [0.25, 0.3) is 0 Å². The Hall–Kier alpha value is -1.34. The van der Waals surface area contributed by atoms with Gasteiger partial charge in [0.25, 0.3) is 0 Å². The van der Waals surface area contributed by atoms with Gasteiger partial charge < -0.3 is 15.8 Å². The lowest BCUT2D eigenvalue weighted by atomic mass is 10.1. The van der Waals surface area contributed by atoms with Gasteiger partial charge in [-0.05, 0) is 19.1 Å². The van der Waals surface area contributed by atoms with E-state index in [0.717, 1.165) is 11.8 Å². The van der Waals surface area contributed by atoms with Gasteiger partial charge in [0.05, 0.1) is 0 Å². The predicted molar refractivity (Wildman–Crippen MR) is 79.1 cm³/mol. The average molecular weight is 302 g/mol. The number of nitrogens with one attached hydrogen (secondary N) is 1. The average Bonchev–Trinajstić information content (AvgIpc) is 2.46. The molecule has 20 heavy (non-hydrogen) atoms. The van der Waals surface area contributed by atoms with Crippen LogP contribution in [0, 0.1) is 0 Å². The molecule has 0 unspecified atom stereocenters. The Bertz CT molecular complexity index is 347. The molecule has 0 radical (unpaired) electrons. The monoisotopic (exact) mass is 302 g/mol. The lowest BCUT2D eigenvalue weighted by Crippen LogP contribution is -2.42. The number of carbonyl (C=O) groups excluding carboxylic acids is 3. The van der Waals surface area contributed by atoms with Crippen LogP contribution in [0.4, 0.5) is 0 Å². The molecule has 0 aliphatic carbocycles. The van der Waals surface area contributed by atoms with Gasteiger partial charge in [0.2, 0.25) is 5.91 Å². The van der Waals surface area contributed by atoms with Gasteiger partial charge in [0.1, 0.15) is 12.6 Å². The molecule has 1 amide bonds. The van der Waals surface area contributed by atoms with Crippen molar-refractivity contribution in [1.29, 1.82) is 0 Å². The van der Waals surface area contributed by atoms with Crippen molar-refractivity contribution >= 4 is 28.8 Å². The second-order valence-electron chi connectivity index (χ2n) is 4.02. The molecule has 0 aromatic rings.